The predicted octanol–water partition coefficient (Wildman–Crippen LogP) is 5.64. The van der Waals surface area contributed by atoms with Crippen molar-refractivity contribution in [1.82, 2.24) is 14.9 Å². The number of aromatic nitrogens is 2. The zero-order valence-electron chi connectivity index (χ0n) is 24.0. The van der Waals surface area contributed by atoms with Crippen LogP contribution in [0.5, 0.6) is 0 Å². The summed E-state index contributed by atoms with van der Waals surface area (Å²) in [6.07, 6.45) is 0.520. The number of imidazole rings is 1. The average molecular weight is 625 g/mol. The van der Waals surface area contributed by atoms with Gasteiger partial charge in [0.25, 0.3) is 0 Å². The Morgan fingerprint density at radius 2 is 2.00 bits per heavy atom. The number of aromatic amines is 1. The normalized spacial score (nSPS) is 21.2. The lowest BCUT2D eigenvalue weighted by atomic mass is 9.89. The number of benzene rings is 2. The highest BCUT2D eigenvalue weighted by atomic mass is 35.5. The first kappa shape index (κ1) is 29.4. The summed E-state index contributed by atoms with van der Waals surface area (Å²) < 4.78 is 25.7. The number of ether oxygens (including phenoxy) is 2. The SMILES string of the molecule is COC(=O)Nc1ccc2c(c1)NC(=O)CCCC[C@@H](C(=O)N1CC[C@@]3(C1)OC(=O)Nc1ccc(Cl)c(F)c13)c1nc-2c(C)[nH]1. The predicted molar refractivity (Wildman–Crippen MR) is 159 cm³/mol. The molecule has 3 aliphatic heterocycles. The zero-order valence-corrected chi connectivity index (χ0v) is 24.8. The van der Waals surface area contributed by atoms with Crippen LogP contribution in [0, 0.1) is 12.7 Å². The molecule has 3 aromatic rings. The van der Waals surface area contributed by atoms with Gasteiger partial charge in [0.15, 0.2) is 11.4 Å². The van der Waals surface area contributed by atoms with Gasteiger partial charge in [0.2, 0.25) is 11.8 Å². The smallest absolute Gasteiger partial charge is 0.412 e. The van der Waals surface area contributed by atoms with Gasteiger partial charge >= 0.3 is 12.2 Å². The van der Waals surface area contributed by atoms with Crippen LogP contribution < -0.4 is 16.0 Å². The topological polar surface area (TPSA) is 155 Å². The Kier molecular flexibility index (Phi) is 7.66. The fourth-order valence-corrected chi connectivity index (χ4v) is 6.34. The first-order valence-electron chi connectivity index (χ1n) is 14.2. The van der Waals surface area contributed by atoms with Gasteiger partial charge in [0, 0.05) is 36.3 Å². The first-order chi connectivity index (χ1) is 21.1. The molecule has 44 heavy (non-hydrogen) atoms. The Bertz CT molecular complexity index is 1690. The molecule has 0 saturated carbocycles. The lowest BCUT2D eigenvalue weighted by Crippen LogP contribution is -2.44. The summed E-state index contributed by atoms with van der Waals surface area (Å²) in [6.45, 7) is 2.00. The van der Waals surface area contributed by atoms with E-state index in [1.165, 1.54) is 19.2 Å². The maximum absolute atomic E-state index is 15.3. The number of carbonyl (C=O) groups is 4. The van der Waals surface area contributed by atoms with Crippen molar-refractivity contribution in [2.24, 2.45) is 0 Å². The van der Waals surface area contributed by atoms with Crippen molar-refractivity contribution in [3.63, 3.8) is 0 Å². The van der Waals surface area contributed by atoms with E-state index in [0.29, 0.717) is 53.4 Å². The van der Waals surface area contributed by atoms with E-state index >= 15 is 4.39 Å². The van der Waals surface area contributed by atoms with Crippen molar-refractivity contribution in [2.45, 2.75) is 50.5 Å². The number of halogens is 2. The van der Waals surface area contributed by atoms with E-state index < -0.39 is 29.5 Å². The molecular formula is C30H30ClFN6O6. The van der Waals surface area contributed by atoms with Crippen molar-refractivity contribution >= 4 is 52.7 Å². The summed E-state index contributed by atoms with van der Waals surface area (Å²) in [6, 6.07) is 7.90. The van der Waals surface area contributed by atoms with Crippen LogP contribution in [0.3, 0.4) is 0 Å². The molecule has 3 aliphatic rings. The number of anilines is 3. The van der Waals surface area contributed by atoms with Gasteiger partial charge in [-0.05, 0) is 50.1 Å². The number of nitrogens with one attached hydrogen (secondary N) is 4. The van der Waals surface area contributed by atoms with Crippen LogP contribution in [0.1, 0.15) is 55.1 Å². The lowest BCUT2D eigenvalue weighted by Gasteiger charge is -2.36. The molecule has 12 nitrogen and oxygen atoms in total. The minimum atomic E-state index is -1.38. The van der Waals surface area contributed by atoms with E-state index in [0.717, 1.165) is 0 Å². The number of likely N-dealkylation sites (tertiary alicyclic amines) is 1. The molecule has 4 amide bonds. The number of aryl methyl sites for hydroxylation is 1. The summed E-state index contributed by atoms with van der Waals surface area (Å²) in [5.41, 5.74) is 1.69. The summed E-state index contributed by atoms with van der Waals surface area (Å²) in [5.74, 6) is -1.40. The van der Waals surface area contributed by atoms with Crippen molar-refractivity contribution in [2.75, 3.05) is 36.1 Å². The van der Waals surface area contributed by atoms with E-state index in [-0.39, 0.29) is 54.0 Å². The molecule has 0 aliphatic carbocycles. The van der Waals surface area contributed by atoms with E-state index in [1.54, 1.807) is 23.1 Å². The first-order valence-corrected chi connectivity index (χ1v) is 14.6. The number of H-pyrrole nitrogens is 1. The van der Waals surface area contributed by atoms with Crippen LogP contribution in [0.15, 0.2) is 30.3 Å². The number of hydrogen-bond acceptors (Lipinski definition) is 7. The van der Waals surface area contributed by atoms with Crippen molar-refractivity contribution < 1.29 is 33.0 Å². The number of rotatable bonds is 2. The number of hydrogen-bond donors (Lipinski definition) is 4. The van der Waals surface area contributed by atoms with Gasteiger partial charge in [-0.1, -0.05) is 18.0 Å². The number of methoxy groups -OCH3 is 1. The fraction of sp³-hybridized carbons (Fsp3) is 0.367. The molecule has 0 radical (unpaired) electrons. The summed E-state index contributed by atoms with van der Waals surface area (Å²) in [5, 5.41) is 7.93. The largest absolute Gasteiger partial charge is 0.453 e. The van der Waals surface area contributed by atoms with Crippen LogP contribution in [0.25, 0.3) is 11.3 Å². The van der Waals surface area contributed by atoms with Crippen LogP contribution in [0.4, 0.5) is 31.0 Å². The highest BCUT2D eigenvalue weighted by Crippen LogP contribution is 2.46. The Hall–Kier alpha value is -4.65. The fourth-order valence-electron chi connectivity index (χ4n) is 6.18. The third-order valence-electron chi connectivity index (χ3n) is 8.28. The van der Waals surface area contributed by atoms with E-state index in [1.807, 2.05) is 6.92 Å². The van der Waals surface area contributed by atoms with Crippen molar-refractivity contribution in [3.8, 4) is 11.3 Å². The minimum absolute atomic E-state index is 0.0478. The molecule has 2 atom stereocenters. The Morgan fingerprint density at radius 1 is 1.18 bits per heavy atom. The van der Waals surface area contributed by atoms with E-state index in [9.17, 15) is 19.2 Å². The van der Waals surface area contributed by atoms with Gasteiger partial charge in [-0.15, -0.1) is 0 Å². The van der Waals surface area contributed by atoms with Gasteiger partial charge in [0.05, 0.1) is 47.2 Å². The molecular weight excluding hydrogens is 595 g/mol. The third-order valence-corrected chi connectivity index (χ3v) is 8.57. The lowest BCUT2D eigenvalue weighted by molar-refractivity contribution is -0.133. The highest BCUT2D eigenvalue weighted by Gasteiger charge is 2.51. The van der Waals surface area contributed by atoms with Gasteiger partial charge in [-0.3, -0.25) is 20.2 Å². The molecule has 230 valence electrons. The van der Waals surface area contributed by atoms with Gasteiger partial charge < -0.3 is 24.7 Å². The Balaban J connectivity index is 1.33. The monoisotopic (exact) mass is 624 g/mol. The molecule has 4 heterocycles. The van der Waals surface area contributed by atoms with Crippen LogP contribution in [0.2, 0.25) is 5.02 Å². The van der Waals surface area contributed by atoms with Gasteiger partial charge in [0.1, 0.15) is 5.82 Å². The second kappa shape index (κ2) is 11.5. The average Bonchev–Trinajstić information content (AvgIpc) is 3.57. The molecule has 0 unspecified atom stereocenters. The number of fused-ring (bicyclic) bond motifs is 6. The van der Waals surface area contributed by atoms with Crippen molar-refractivity contribution in [3.05, 3.63) is 58.3 Å². The Morgan fingerprint density at radius 3 is 2.80 bits per heavy atom. The third kappa shape index (κ3) is 5.32. The van der Waals surface area contributed by atoms with E-state index in [2.05, 4.69) is 25.7 Å². The van der Waals surface area contributed by atoms with Crippen LogP contribution in [-0.4, -0.2) is 59.1 Å². The molecule has 1 fully saturated rings. The maximum Gasteiger partial charge on any atom is 0.412 e. The summed E-state index contributed by atoms with van der Waals surface area (Å²) in [4.78, 5) is 60.9. The molecule has 1 aromatic heterocycles. The van der Waals surface area contributed by atoms with Crippen LogP contribution >= 0.6 is 11.6 Å². The maximum atomic E-state index is 15.3. The minimum Gasteiger partial charge on any atom is -0.453 e. The molecule has 2 bridgehead atoms. The standard InChI is InChI=1S/C30H30ClFN6O6/c1-15-25-17-8-7-16(34-28(41)43-2)13-21(17)35-22(39)6-4-3-5-18(26(33-15)37-25)27(40)38-12-11-30(14-38)23-20(36-29(42)44-30)10-9-19(31)24(23)32/h7-10,13,18H,3-6,11-12,14H2,1-2H3,(H,33,37)(H,34,41)(H,35,39)(H,36,42)/t18-,30+/m1/s1. The number of amides is 4. The quantitative estimate of drug-likeness (QED) is 0.287. The second-order valence-corrected chi connectivity index (χ2v) is 11.5. The molecule has 1 spiro atoms. The van der Waals surface area contributed by atoms with Crippen LogP contribution in [-0.2, 0) is 24.7 Å². The molecule has 2 aromatic carbocycles. The van der Waals surface area contributed by atoms with Crippen molar-refractivity contribution in [1.29, 1.82) is 0 Å². The van der Waals surface area contributed by atoms with Gasteiger partial charge in [-0.25, -0.2) is 19.0 Å². The zero-order chi connectivity index (χ0) is 31.2. The van der Waals surface area contributed by atoms with E-state index in [4.69, 9.17) is 21.3 Å². The number of carbonyl (C=O) groups excluding carboxylic acids is 4. The molecule has 6 rings (SSSR count). The van der Waals surface area contributed by atoms with Gasteiger partial charge in [-0.2, -0.15) is 0 Å². The molecule has 14 heteroatoms. The molecule has 1 saturated heterocycles. The summed E-state index contributed by atoms with van der Waals surface area (Å²) in [7, 11) is 1.25. The summed E-state index contributed by atoms with van der Waals surface area (Å²) >= 11 is 6.09. The Labute approximate surface area is 256 Å². The number of nitrogens with zero attached hydrogens (tertiary/aromatic N) is 2. The highest BCUT2D eigenvalue weighted by molar-refractivity contribution is 6.31. The second-order valence-electron chi connectivity index (χ2n) is 11.1. The molecule has 4 N–H and O–H groups in total.